The summed E-state index contributed by atoms with van der Waals surface area (Å²) in [5.41, 5.74) is 3.98. The van der Waals surface area contributed by atoms with Gasteiger partial charge in [0.15, 0.2) is 9.84 Å². The first kappa shape index (κ1) is 37.8. The van der Waals surface area contributed by atoms with Gasteiger partial charge in [0, 0.05) is 6.07 Å². The zero-order valence-corrected chi connectivity index (χ0v) is 30.5. The number of unbranched alkanes of at least 4 members (excludes halogenated alkanes) is 1. The minimum absolute atomic E-state index is 0.125. The molecule has 1 fully saturated rings. The lowest BCUT2D eigenvalue weighted by molar-refractivity contribution is -0.144. The second kappa shape index (κ2) is 18.7. The van der Waals surface area contributed by atoms with Crippen molar-refractivity contribution >= 4 is 21.9 Å². The molecular formula is C42H48O8S. The van der Waals surface area contributed by atoms with Crippen molar-refractivity contribution < 1.29 is 36.9 Å². The second-order valence-corrected chi connectivity index (χ2v) is 15.2. The van der Waals surface area contributed by atoms with E-state index in [1.165, 1.54) is 7.11 Å². The van der Waals surface area contributed by atoms with Crippen LogP contribution in [0.1, 0.15) is 71.6 Å². The number of sulfone groups is 1. The summed E-state index contributed by atoms with van der Waals surface area (Å²) in [6, 6.07) is 30.2. The molecule has 2 unspecified atom stereocenters. The van der Waals surface area contributed by atoms with Gasteiger partial charge in [-0.1, -0.05) is 90.5 Å². The molecule has 51 heavy (non-hydrogen) atoms. The van der Waals surface area contributed by atoms with Crippen LogP contribution in [0.15, 0.2) is 108 Å². The molecule has 0 saturated carbocycles. The van der Waals surface area contributed by atoms with Gasteiger partial charge in [0.05, 0.1) is 42.7 Å². The summed E-state index contributed by atoms with van der Waals surface area (Å²) in [4.78, 5) is 13.5. The van der Waals surface area contributed by atoms with E-state index in [0.29, 0.717) is 60.2 Å². The normalized spacial score (nSPS) is 16.8. The van der Waals surface area contributed by atoms with Crippen LogP contribution in [0.4, 0.5) is 0 Å². The third-order valence-corrected chi connectivity index (χ3v) is 11.3. The van der Waals surface area contributed by atoms with Crippen molar-refractivity contribution in [2.24, 2.45) is 0 Å². The predicted molar refractivity (Wildman–Crippen MR) is 199 cm³/mol. The zero-order chi connectivity index (χ0) is 36.1. The van der Waals surface area contributed by atoms with E-state index >= 15 is 0 Å². The average molecular weight is 713 g/mol. The van der Waals surface area contributed by atoms with Crippen LogP contribution in [0.3, 0.4) is 0 Å². The highest BCUT2D eigenvalue weighted by molar-refractivity contribution is 7.92. The highest BCUT2D eigenvalue weighted by Crippen LogP contribution is 2.33. The fraction of sp³-hybridized carbons (Fsp3) is 0.357. The maximum absolute atomic E-state index is 13.2. The van der Waals surface area contributed by atoms with Crippen LogP contribution >= 0.6 is 0 Å². The van der Waals surface area contributed by atoms with E-state index < -0.39 is 21.1 Å². The molecular weight excluding hydrogens is 665 g/mol. The van der Waals surface area contributed by atoms with Gasteiger partial charge in [0.1, 0.15) is 30.3 Å². The lowest BCUT2D eigenvalue weighted by atomic mass is 10.00. The van der Waals surface area contributed by atoms with E-state index in [1.54, 1.807) is 25.1 Å². The van der Waals surface area contributed by atoms with E-state index in [1.807, 2.05) is 97.9 Å². The maximum atomic E-state index is 13.2. The molecule has 4 aromatic carbocycles. The Kier molecular flexibility index (Phi) is 13.9. The lowest BCUT2D eigenvalue weighted by Gasteiger charge is -2.32. The molecule has 0 N–H and O–H groups in total. The van der Waals surface area contributed by atoms with Crippen LogP contribution < -0.4 is 9.47 Å². The van der Waals surface area contributed by atoms with Crippen molar-refractivity contribution in [2.75, 3.05) is 20.3 Å². The quantitative estimate of drug-likeness (QED) is 0.0794. The number of carbonyl (C=O) groups excluding carboxylic acids is 1. The highest BCUT2D eigenvalue weighted by atomic mass is 32.2. The summed E-state index contributed by atoms with van der Waals surface area (Å²) in [6.45, 7) is 5.35. The van der Waals surface area contributed by atoms with Gasteiger partial charge < -0.3 is 23.7 Å². The van der Waals surface area contributed by atoms with Gasteiger partial charge in [0.2, 0.25) is 0 Å². The van der Waals surface area contributed by atoms with Crippen LogP contribution in [0, 0.1) is 6.92 Å². The first-order valence-electron chi connectivity index (χ1n) is 17.5. The molecule has 8 nitrogen and oxygen atoms in total. The Labute approximate surface area is 302 Å². The number of ether oxygens (including phenoxy) is 5. The fourth-order valence-corrected chi connectivity index (χ4v) is 7.48. The average Bonchev–Trinajstić information content (AvgIpc) is 3.16. The zero-order valence-electron chi connectivity index (χ0n) is 29.7. The first-order valence-corrected chi connectivity index (χ1v) is 19.1. The van der Waals surface area contributed by atoms with Crippen molar-refractivity contribution in [3.8, 4) is 11.5 Å². The predicted octanol–water partition coefficient (Wildman–Crippen LogP) is 8.55. The number of carbonyl (C=O) groups is 1. The van der Waals surface area contributed by atoms with Crippen molar-refractivity contribution in [2.45, 2.75) is 81.5 Å². The van der Waals surface area contributed by atoms with Crippen LogP contribution in [-0.2, 0) is 37.3 Å². The second-order valence-electron chi connectivity index (χ2n) is 12.8. The number of hydrogen-bond donors (Lipinski definition) is 0. The van der Waals surface area contributed by atoms with Crippen molar-refractivity contribution in [3.63, 3.8) is 0 Å². The van der Waals surface area contributed by atoms with E-state index in [-0.39, 0.29) is 18.8 Å². The molecule has 0 bridgehead atoms. The minimum atomic E-state index is -3.43. The molecule has 0 radical (unpaired) electrons. The lowest BCUT2D eigenvalue weighted by Crippen LogP contribution is -2.39. The van der Waals surface area contributed by atoms with Crippen molar-refractivity contribution in [3.05, 3.63) is 131 Å². The maximum Gasteiger partial charge on any atom is 0.342 e. The molecule has 0 aromatic heterocycles. The SMILES string of the molecule is COC(=O)c1c(C=CCCCC2OCCOC2CC[C@H](C)S(=O)(=O)c2ccc(C)cc2)cc(OCc2ccccc2)cc1OCc1ccccc1. The smallest absolute Gasteiger partial charge is 0.342 e. The van der Waals surface area contributed by atoms with Gasteiger partial charge in [0.25, 0.3) is 0 Å². The molecule has 1 saturated heterocycles. The number of hydrogen-bond acceptors (Lipinski definition) is 8. The molecule has 0 amide bonds. The largest absolute Gasteiger partial charge is 0.489 e. The molecule has 270 valence electrons. The van der Waals surface area contributed by atoms with E-state index in [2.05, 4.69) is 0 Å². The van der Waals surface area contributed by atoms with Crippen molar-refractivity contribution in [1.82, 2.24) is 0 Å². The van der Waals surface area contributed by atoms with E-state index in [0.717, 1.165) is 36.0 Å². The summed E-state index contributed by atoms with van der Waals surface area (Å²) >= 11 is 0. The number of aryl methyl sites for hydroxylation is 1. The Balaban J connectivity index is 1.24. The van der Waals surface area contributed by atoms with Gasteiger partial charge in [-0.2, -0.15) is 0 Å². The van der Waals surface area contributed by atoms with Gasteiger partial charge in [-0.05, 0) is 80.8 Å². The summed E-state index contributed by atoms with van der Waals surface area (Å²) in [5.74, 6) is 0.454. The Bertz CT molecular complexity index is 1820. The number of rotatable bonds is 17. The van der Waals surface area contributed by atoms with Gasteiger partial charge in [-0.3, -0.25) is 0 Å². The Hall–Kier alpha value is -4.44. The topological polar surface area (TPSA) is 97.4 Å². The number of allylic oxidation sites excluding steroid dienone is 1. The van der Waals surface area contributed by atoms with Crippen LogP contribution in [-0.4, -0.2) is 52.2 Å². The first-order chi connectivity index (χ1) is 24.7. The summed E-state index contributed by atoms with van der Waals surface area (Å²) in [7, 11) is -2.08. The summed E-state index contributed by atoms with van der Waals surface area (Å²) < 4.78 is 56.1. The standard InChI is InChI=1S/C42H48O8S/c1-31-19-22-37(23-20-31)51(44,45)32(2)21-24-39-38(47-25-26-48-39)18-12-6-11-17-35-27-36(49-29-33-13-7-4-8-14-33)28-40(41(35)42(43)46-3)50-30-34-15-9-5-10-16-34/h4-5,7-11,13-17,19-20,22-23,27-28,32,38-39H,6,12,18,21,24-26,29-30H2,1-3H3/t32-,38?,39?/m0/s1. The van der Waals surface area contributed by atoms with Gasteiger partial charge >= 0.3 is 5.97 Å². The van der Waals surface area contributed by atoms with Crippen molar-refractivity contribution in [1.29, 1.82) is 0 Å². The molecule has 1 heterocycles. The third kappa shape index (κ3) is 10.8. The number of esters is 1. The minimum Gasteiger partial charge on any atom is -0.489 e. The Morgan fingerprint density at radius 3 is 2.08 bits per heavy atom. The molecule has 1 aliphatic rings. The van der Waals surface area contributed by atoms with E-state index in [4.69, 9.17) is 23.7 Å². The van der Waals surface area contributed by atoms with Gasteiger partial charge in [-0.15, -0.1) is 0 Å². The summed E-state index contributed by atoms with van der Waals surface area (Å²) in [5, 5.41) is -0.535. The number of methoxy groups -OCH3 is 1. The third-order valence-electron chi connectivity index (χ3n) is 9.04. The van der Waals surface area contributed by atoms with Crippen LogP contribution in [0.2, 0.25) is 0 Å². The highest BCUT2D eigenvalue weighted by Gasteiger charge is 2.30. The molecule has 5 rings (SSSR count). The Morgan fingerprint density at radius 1 is 0.843 bits per heavy atom. The molecule has 4 aromatic rings. The molecule has 3 atom stereocenters. The monoisotopic (exact) mass is 712 g/mol. The van der Waals surface area contributed by atoms with Gasteiger partial charge in [-0.25, -0.2) is 13.2 Å². The fourth-order valence-electron chi connectivity index (χ4n) is 6.05. The molecule has 1 aliphatic heterocycles. The molecule has 9 heteroatoms. The molecule has 0 spiro atoms. The van der Waals surface area contributed by atoms with E-state index in [9.17, 15) is 13.2 Å². The van der Waals surface area contributed by atoms with Crippen LogP contribution in [0.5, 0.6) is 11.5 Å². The molecule has 0 aliphatic carbocycles. The summed E-state index contributed by atoms with van der Waals surface area (Å²) in [6.07, 6.45) is 7.00. The van der Waals surface area contributed by atoms with Crippen LogP contribution in [0.25, 0.3) is 6.08 Å². The Morgan fingerprint density at radius 2 is 1.45 bits per heavy atom. The number of benzene rings is 4.